The fourth-order valence-corrected chi connectivity index (χ4v) is 7.66. The van der Waals surface area contributed by atoms with Crippen LogP contribution in [0.15, 0.2) is 0 Å². The topological polar surface area (TPSA) is 162 Å². The third kappa shape index (κ3) is 12.6. The Balaban J connectivity index is 2.28. The Labute approximate surface area is 266 Å². The maximum absolute atomic E-state index is 13.9. The van der Waals surface area contributed by atoms with Gasteiger partial charge in [0.1, 0.15) is 0 Å². The number of nitrogens with zero attached hydrogens (tertiary/aromatic N) is 2. The molecule has 2 aliphatic rings. The molecule has 2 fully saturated rings. The number of nitrogens with one attached hydrogen (secondary N) is 2. The zero-order chi connectivity index (χ0) is 32.9. The van der Waals surface area contributed by atoms with E-state index in [0.717, 1.165) is 51.4 Å². The summed E-state index contributed by atoms with van der Waals surface area (Å²) in [5, 5.41) is 21.0. The van der Waals surface area contributed by atoms with Crippen molar-refractivity contribution in [1.29, 1.82) is 0 Å². The molecule has 0 bridgehead atoms. The standard InChI is InChI=1S/C32H61N5O6S/c1-6-9-17-37(35-30(39)23(4)5)22-29(38)28(18-24-13-11-10-12-14-24)34-31(40)25-19-26(21-27(20-25)44(33,42)43)32(41)36(15-7-2)16-8-3/h23-29,38H,6-22H2,1-5H3,(H,34,40)(H,35,39)(H2,33,42,43). The van der Waals surface area contributed by atoms with Crippen LogP contribution >= 0.6 is 0 Å². The Morgan fingerprint density at radius 2 is 1.52 bits per heavy atom. The molecule has 5 unspecified atom stereocenters. The van der Waals surface area contributed by atoms with Gasteiger partial charge in [0.25, 0.3) is 0 Å². The molecule has 2 saturated carbocycles. The van der Waals surface area contributed by atoms with Gasteiger partial charge >= 0.3 is 0 Å². The minimum absolute atomic E-state index is 0.0509. The number of rotatable bonds is 18. The van der Waals surface area contributed by atoms with Gasteiger partial charge in [-0.1, -0.05) is 73.1 Å². The van der Waals surface area contributed by atoms with E-state index in [1.807, 2.05) is 27.7 Å². The van der Waals surface area contributed by atoms with E-state index in [0.29, 0.717) is 32.0 Å². The Hall–Kier alpha value is -1.76. The van der Waals surface area contributed by atoms with Crippen LogP contribution in [0.2, 0.25) is 0 Å². The molecule has 0 aromatic heterocycles. The summed E-state index contributed by atoms with van der Waals surface area (Å²) in [5.74, 6) is -1.79. The second-order valence-corrected chi connectivity index (χ2v) is 15.3. The summed E-state index contributed by atoms with van der Waals surface area (Å²) in [4.78, 5) is 41.7. The first-order chi connectivity index (χ1) is 20.8. The van der Waals surface area contributed by atoms with Gasteiger partial charge in [-0.25, -0.2) is 18.6 Å². The number of carbonyl (C=O) groups excluding carboxylic acids is 3. The van der Waals surface area contributed by atoms with Crippen molar-refractivity contribution < 1.29 is 27.9 Å². The van der Waals surface area contributed by atoms with Crippen molar-refractivity contribution in [2.75, 3.05) is 26.2 Å². The maximum atomic E-state index is 13.9. The Morgan fingerprint density at radius 1 is 0.909 bits per heavy atom. The summed E-state index contributed by atoms with van der Waals surface area (Å²) in [6.07, 6.45) is 8.86. The second kappa shape index (κ2) is 19.0. The number of aliphatic hydroxyl groups excluding tert-OH is 1. The summed E-state index contributed by atoms with van der Waals surface area (Å²) >= 11 is 0. The molecule has 3 amide bonds. The Morgan fingerprint density at radius 3 is 2.07 bits per heavy atom. The van der Waals surface area contributed by atoms with Gasteiger partial charge in [0, 0.05) is 43.9 Å². The molecular formula is C32H61N5O6S. The van der Waals surface area contributed by atoms with Crippen molar-refractivity contribution in [1.82, 2.24) is 20.7 Å². The lowest BCUT2D eigenvalue weighted by Gasteiger charge is -2.37. The molecule has 12 heteroatoms. The van der Waals surface area contributed by atoms with Crippen LogP contribution in [0.25, 0.3) is 0 Å². The molecule has 11 nitrogen and oxygen atoms in total. The molecule has 0 aromatic rings. The van der Waals surface area contributed by atoms with Crippen LogP contribution in [0, 0.1) is 23.7 Å². The number of aliphatic hydroxyl groups is 1. The number of carbonyl (C=O) groups is 3. The molecule has 2 rings (SSSR count). The minimum Gasteiger partial charge on any atom is -0.390 e. The molecule has 5 atom stereocenters. The maximum Gasteiger partial charge on any atom is 0.236 e. The molecule has 0 spiro atoms. The fraction of sp³-hybridized carbons (Fsp3) is 0.906. The minimum atomic E-state index is -3.97. The highest BCUT2D eigenvalue weighted by Crippen LogP contribution is 2.35. The van der Waals surface area contributed by atoms with E-state index < -0.39 is 39.3 Å². The smallest absolute Gasteiger partial charge is 0.236 e. The highest BCUT2D eigenvalue weighted by molar-refractivity contribution is 7.89. The molecule has 0 aromatic carbocycles. The molecule has 0 heterocycles. The lowest BCUT2D eigenvalue weighted by molar-refractivity contribution is -0.139. The van der Waals surface area contributed by atoms with E-state index >= 15 is 0 Å². The Kier molecular flexibility index (Phi) is 16.6. The molecule has 0 aliphatic heterocycles. The molecule has 2 aliphatic carbocycles. The van der Waals surface area contributed by atoms with E-state index in [4.69, 9.17) is 5.14 Å². The van der Waals surface area contributed by atoms with Crippen molar-refractivity contribution in [3.8, 4) is 0 Å². The highest BCUT2D eigenvalue weighted by Gasteiger charge is 2.42. The largest absolute Gasteiger partial charge is 0.390 e. The van der Waals surface area contributed by atoms with Gasteiger partial charge in [0.05, 0.1) is 17.4 Å². The number of primary sulfonamides is 1. The van der Waals surface area contributed by atoms with Crippen LogP contribution in [-0.2, 0) is 24.4 Å². The van der Waals surface area contributed by atoms with Crippen LogP contribution < -0.4 is 15.9 Å². The summed E-state index contributed by atoms with van der Waals surface area (Å²) in [6, 6.07) is -0.577. The van der Waals surface area contributed by atoms with Gasteiger partial charge in [-0.3, -0.25) is 19.8 Å². The first-order valence-electron chi connectivity index (χ1n) is 17.1. The number of hydrogen-bond acceptors (Lipinski definition) is 7. The van der Waals surface area contributed by atoms with Gasteiger partial charge in [-0.2, -0.15) is 0 Å². The quantitative estimate of drug-likeness (QED) is 0.167. The zero-order valence-corrected chi connectivity index (χ0v) is 28.7. The average Bonchev–Trinajstić information content (AvgIpc) is 2.98. The van der Waals surface area contributed by atoms with Gasteiger partial charge in [0.2, 0.25) is 27.7 Å². The van der Waals surface area contributed by atoms with Crippen molar-refractivity contribution in [2.45, 2.75) is 135 Å². The van der Waals surface area contributed by atoms with Crippen molar-refractivity contribution >= 4 is 27.7 Å². The SMILES string of the molecule is CCCCN(CC(O)C(CC1CCCCC1)NC(=O)C1CC(C(=O)N(CCC)CCC)CC(S(N)(=O)=O)C1)NC(=O)C(C)C. The number of hydrazine groups is 1. The van der Waals surface area contributed by atoms with E-state index in [1.54, 1.807) is 9.91 Å². The third-order valence-electron chi connectivity index (χ3n) is 9.23. The van der Waals surface area contributed by atoms with Gasteiger partial charge in [0.15, 0.2) is 0 Å². The van der Waals surface area contributed by atoms with Crippen molar-refractivity contribution in [3.05, 3.63) is 0 Å². The predicted molar refractivity (Wildman–Crippen MR) is 173 cm³/mol. The third-order valence-corrected chi connectivity index (χ3v) is 10.5. The number of sulfonamides is 1. The van der Waals surface area contributed by atoms with E-state index in [-0.39, 0.29) is 49.4 Å². The van der Waals surface area contributed by atoms with Crippen LogP contribution in [0.5, 0.6) is 0 Å². The summed E-state index contributed by atoms with van der Waals surface area (Å²) < 4.78 is 25.0. The number of hydrogen-bond donors (Lipinski definition) is 4. The molecule has 5 N–H and O–H groups in total. The first kappa shape index (κ1) is 38.4. The summed E-state index contributed by atoms with van der Waals surface area (Å²) in [7, 11) is -3.97. The van der Waals surface area contributed by atoms with E-state index in [9.17, 15) is 27.9 Å². The number of nitrogens with two attached hydrogens (primary N) is 1. The molecule has 0 radical (unpaired) electrons. The average molecular weight is 644 g/mol. The number of unbranched alkanes of at least 4 members (excludes halogenated alkanes) is 1. The van der Waals surface area contributed by atoms with Crippen LogP contribution in [0.3, 0.4) is 0 Å². The lowest BCUT2D eigenvalue weighted by atomic mass is 9.79. The normalized spacial score (nSPS) is 22.9. The second-order valence-electron chi connectivity index (χ2n) is 13.5. The van der Waals surface area contributed by atoms with Crippen LogP contribution in [0.1, 0.15) is 118 Å². The van der Waals surface area contributed by atoms with Gasteiger partial charge in [-0.15, -0.1) is 0 Å². The first-order valence-corrected chi connectivity index (χ1v) is 18.8. The molecule has 0 saturated heterocycles. The molecule has 256 valence electrons. The molecule has 44 heavy (non-hydrogen) atoms. The molecular weight excluding hydrogens is 582 g/mol. The van der Waals surface area contributed by atoms with Gasteiger partial charge < -0.3 is 15.3 Å². The lowest BCUT2D eigenvalue weighted by Crippen LogP contribution is -2.55. The summed E-state index contributed by atoms with van der Waals surface area (Å²) in [6.45, 7) is 11.6. The van der Waals surface area contributed by atoms with Crippen LogP contribution in [0.4, 0.5) is 0 Å². The van der Waals surface area contributed by atoms with Crippen molar-refractivity contribution in [3.63, 3.8) is 0 Å². The van der Waals surface area contributed by atoms with E-state index in [1.165, 1.54) is 6.42 Å². The van der Waals surface area contributed by atoms with Gasteiger partial charge in [-0.05, 0) is 50.9 Å². The predicted octanol–water partition coefficient (Wildman–Crippen LogP) is 3.31. The zero-order valence-electron chi connectivity index (χ0n) is 27.9. The monoisotopic (exact) mass is 643 g/mol. The highest BCUT2D eigenvalue weighted by atomic mass is 32.2. The fourth-order valence-electron chi connectivity index (χ4n) is 6.66. The van der Waals surface area contributed by atoms with Crippen LogP contribution in [-0.4, -0.2) is 84.7 Å². The van der Waals surface area contributed by atoms with Crippen molar-refractivity contribution in [2.24, 2.45) is 28.8 Å². The summed E-state index contributed by atoms with van der Waals surface area (Å²) in [5.41, 5.74) is 2.93. The Bertz CT molecular complexity index is 997. The number of amides is 3. The van der Waals surface area contributed by atoms with E-state index in [2.05, 4.69) is 17.7 Å².